The van der Waals surface area contributed by atoms with E-state index in [0.29, 0.717) is 29.1 Å². The number of sulfonamides is 1. The maximum atomic E-state index is 13.5. The van der Waals surface area contributed by atoms with Gasteiger partial charge in [-0.25, -0.2) is 18.4 Å². The highest BCUT2D eigenvalue weighted by Gasteiger charge is 2.24. The molecule has 2 fully saturated rings. The molecule has 7 rings (SSSR count). The largest absolute Gasteiger partial charge is 0.379 e. The van der Waals surface area contributed by atoms with Crippen molar-refractivity contribution in [2.75, 3.05) is 47.7 Å². The van der Waals surface area contributed by atoms with Crippen molar-refractivity contribution < 1.29 is 13.3 Å². The van der Waals surface area contributed by atoms with Gasteiger partial charge in [-0.05, 0) is 59.4 Å². The van der Waals surface area contributed by atoms with E-state index in [1.165, 1.54) is 67.3 Å². The average Bonchev–Trinajstić information content (AvgIpc) is 3.16. The normalized spacial score (nSPS) is 15.9. The summed E-state index contributed by atoms with van der Waals surface area (Å²) in [6.07, 6.45) is 8.38. The molecule has 1 aromatic heterocycles. The van der Waals surface area contributed by atoms with Crippen LogP contribution < -0.4 is 14.9 Å². The molecule has 1 aliphatic heterocycles. The van der Waals surface area contributed by atoms with E-state index in [2.05, 4.69) is 78.3 Å². The standard InChI is InChI=1S/C39H43N7O4S/c47-46(48)38-26-33(16-18-36(38)40-20-19-29-9-3-1-4-10-29)51(49,50)43-39-35-17-15-32(25-37(35)41-28-42-39)45-23-21-44(22-24-45)27-31-13-7-8-14-34(31)30-11-5-2-6-12-30/h2,5-8,11-18,25-26,28-29,40H,1,3-4,9-10,19-24,27H2,(H,41,42,43). The van der Waals surface area contributed by atoms with Crippen LogP contribution in [0.4, 0.5) is 22.9 Å². The predicted octanol–water partition coefficient (Wildman–Crippen LogP) is 7.71. The van der Waals surface area contributed by atoms with Crippen LogP contribution in [0.15, 0.2) is 102 Å². The molecule has 0 radical (unpaired) electrons. The SMILES string of the molecule is O=[N+]([O-])c1cc(S(=O)(=O)Nc2ncnc3cc(N4CCN(Cc5ccccc5-c5ccccc5)CC4)ccc23)ccc1NCCC1CCCCC1. The van der Waals surface area contributed by atoms with Gasteiger partial charge >= 0.3 is 0 Å². The minimum absolute atomic E-state index is 0.116. The number of nitrogens with zero attached hydrogens (tertiary/aromatic N) is 5. The minimum Gasteiger partial charge on any atom is -0.379 e. The van der Waals surface area contributed by atoms with Gasteiger partial charge in [0.1, 0.15) is 12.0 Å². The first-order valence-electron chi connectivity index (χ1n) is 17.7. The van der Waals surface area contributed by atoms with Crippen molar-refractivity contribution in [3.8, 4) is 11.1 Å². The van der Waals surface area contributed by atoms with E-state index in [-0.39, 0.29) is 16.4 Å². The molecule has 2 heterocycles. The van der Waals surface area contributed by atoms with E-state index < -0.39 is 14.9 Å². The molecule has 264 valence electrons. The Morgan fingerprint density at radius 1 is 0.843 bits per heavy atom. The number of piperazine rings is 1. The highest BCUT2D eigenvalue weighted by molar-refractivity contribution is 7.92. The molecule has 11 nitrogen and oxygen atoms in total. The van der Waals surface area contributed by atoms with Crippen molar-refractivity contribution >= 4 is 43.8 Å². The molecule has 0 unspecified atom stereocenters. The van der Waals surface area contributed by atoms with Crippen LogP contribution in [-0.4, -0.2) is 60.9 Å². The van der Waals surface area contributed by atoms with Gasteiger partial charge in [0.15, 0.2) is 5.82 Å². The van der Waals surface area contributed by atoms with Gasteiger partial charge in [-0.15, -0.1) is 0 Å². The summed E-state index contributed by atoms with van der Waals surface area (Å²) in [5.41, 5.74) is 5.42. The fourth-order valence-corrected chi connectivity index (χ4v) is 8.39. The Hall–Kier alpha value is -5.07. The molecule has 1 saturated heterocycles. The molecule has 0 spiro atoms. The lowest BCUT2D eigenvalue weighted by Gasteiger charge is -2.36. The molecule has 0 atom stereocenters. The molecule has 4 aromatic carbocycles. The highest BCUT2D eigenvalue weighted by atomic mass is 32.2. The van der Waals surface area contributed by atoms with Gasteiger partial charge in [0.05, 0.1) is 15.3 Å². The minimum atomic E-state index is -4.19. The van der Waals surface area contributed by atoms with Gasteiger partial charge in [0.2, 0.25) is 0 Å². The second kappa shape index (κ2) is 15.4. The van der Waals surface area contributed by atoms with Gasteiger partial charge in [0.25, 0.3) is 15.7 Å². The van der Waals surface area contributed by atoms with Crippen molar-refractivity contribution in [2.24, 2.45) is 5.92 Å². The molecule has 12 heteroatoms. The molecule has 2 N–H and O–H groups in total. The van der Waals surface area contributed by atoms with Crippen molar-refractivity contribution in [3.63, 3.8) is 0 Å². The lowest BCUT2D eigenvalue weighted by atomic mass is 9.87. The Morgan fingerprint density at radius 3 is 2.39 bits per heavy atom. The van der Waals surface area contributed by atoms with E-state index in [0.717, 1.165) is 50.9 Å². The Balaban J connectivity index is 1.01. The quantitative estimate of drug-likeness (QED) is 0.0989. The third-order valence-electron chi connectivity index (χ3n) is 10.2. The zero-order valence-electron chi connectivity index (χ0n) is 28.6. The highest BCUT2D eigenvalue weighted by Crippen LogP contribution is 2.32. The molecule has 2 aliphatic rings. The number of nitro groups is 1. The Kier molecular flexibility index (Phi) is 10.4. The summed E-state index contributed by atoms with van der Waals surface area (Å²) < 4.78 is 29.6. The van der Waals surface area contributed by atoms with Crippen molar-refractivity contribution in [1.29, 1.82) is 0 Å². The number of nitro benzene ring substituents is 1. The van der Waals surface area contributed by atoms with E-state index in [1.54, 1.807) is 0 Å². The van der Waals surface area contributed by atoms with Crippen LogP contribution in [0.1, 0.15) is 44.1 Å². The Bertz CT molecular complexity index is 2100. The Morgan fingerprint density at radius 2 is 1.61 bits per heavy atom. The topological polar surface area (TPSA) is 134 Å². The molecular weight excluding hydrogens is 663 g/mol. The number of aromatic nitrogens is 2. The number of anilines is 3. The van der Waals surface area contributed by atoms with Crippen LogP contribution in [-0.2, 0) is 16.6 Å². The van der Waals surface area contributed by atoms with Crippen LogP contribution >= 0.6 is 0 Å². The summed E-state index contributed by atoms with van der Waals surface area (Å²) in [5.74, 6) is 0.739. The number of nitrogens with one attached hydrogen (secondary N) is 2. The van der Waals surface area contributed by atoms with E-state index in [1.807, 2.05) is 24.3 Å². The average molecular weight is 706 g/mol. The van der Waals surface area contributed by atoms with Gasteiger partial charge in [-0.2, -0.15) is 0 Å². The number of fused-ring (bicyclic) bond motifs is 1. The molecule has 5 aromatic rings. The molecule has 1 aliphatic carbocycles. The van der Waals surface area contributed by atoms with Crippen LogP contribution in [0.25, 0.3) is 22.0 Å². The first kappa shape index (κ1) is 34.4. The zero-order chi connectivity index (χ0) is 35.2. The van der Waals surface area contributed by atoms with Crippen LogP contribution in [0.5, 0.6) is 0 Å². The molecule has 0 bridgehead atoms. The molecule has 1 saturated carbocycles. The third kappa shape index (κ3) is 8.13. The first-order valence-corrected chi connectivity index (χ1v) is 19.2. The Labute approximate surface area is 298 Å². The fourth-order valence-electron chi connectivity index (χ4n) is 7.34. The third-order valence-corrected chi connectivity index (χ3v) is 11.5. The summed E-state index contributed by atoms with van der Waals surface area (Å²) in [7, 11) is -4.19. The van der Waals surface area contributed by atoms with Crippen LogP contribution in [0.3, 0.4) is 0 Å². The lowest BCUT2D eigenvalue weighted by Crippen LogP contribution is -2.46. The summed E-state index contributed by atoms with van der Waals surface area (Å²) in [5, 5.41) is 15.7. The summed E-state index contributed by atoms with van der Waals surface area (Å²) in [6, 6.07) is 28.8. The zero-order valence-corrected chi connectivity index (χ0v) is 29.4. The summed E-state index contributed by atoms with van der Waals surface area (Å²) >= 11 is 0. The maximum absolute atomic E-state index is 13.5. The summed E-state index contributed by atoms with van der Waals surface area (Å²) in [4.78, 5) is 24.7. The second-order valence-electron chi connectivity index (χ2n) is 13.5. The smallest absolute Gasteiger partial charge is 0.293 e. The van der Waals surface area contributed by atoms with Crippen molar-refractivity contribution in [2.45, 2.75) is 50.0 Å². The monoisotopic (exact) mass is 705 g/mol. The van der Waals surface area contributed by atoms with E-state index >= 15 is 0 Å². The number of rotatable bonds is 12. The van der Waals surface area contributed by atoms with Gasteiger partial charge in [0, 0.05) is 56.4 Å². The molecule has 0 amide bonds. The fraction of sp³-hybridized carbons (Fsp3) is 0.333. The maximum Gasteiger partial charge on any atom is 0.293 e. The van der Waals surface area contributed by atoms with E-state index in [9.17, 15) is 18.5 Å². The molecular formula is C39H43N7O4S. The van der Waals surface area contributed by atoms with Crippen molar-refractivity contribution in [1.82, 2.24) is 14.9 Å². The van der Waals surface area contributed by atoms with E-state index in [4.69, 9.17) is 0 Å². The summed E-state index contributed by atoms with van der Waals surface area (Å²) in [6.45, 7) is 4.95. The van der Waals surface area contributed by atoms with Crippen LogP contribution in [0, 0.1) is 16.0 Å². The number of hydrogen-bond donors (Lipinski definition) is 2. The predicted molar refractivity (Wildman–Crippen MR) is 202 cm³/mol. The number of benzene rings is 4. The first-order chi connectivity index (χ1) is 24.8. The van der Waals surface area contributed by atoms with Crippen LogP contribution in [0.2, 0.25) is 0 Å². The van der Waals surface area contributed by atoms with Crippen molar-refractivity contribution in [3.05, 3.63) is 113 Å². The lowest BCUT2D eigenvalue weighted by molar-refractivity contribution is -0.384. The van der Waals surface area contributed by atoms with Gasteiger partial charge in [-0.1, -0.05) is 86.7 Å². The van der Waals surface area contributed by atoms with Gasteiger partial charge in [-0.3, -0.25) is 19.7 Å². The molecule has 51 heavy (non-hydrogen) atoms. The second-order valence-corrected chi connectivity index (χ2v) is 15.2. The van der Waals surface area contributed by atoms with Gasteiger partial charge < -0.3 is 10.2 Å². The number of hydrogen-bond acceptors (Lipinski definition) is 9.